The van der Waals surface area contributed by atoms with Crippen molar-refractivity contribution in [2.75, 3.05) is 6.54 Å². The maximum atomic E-state index is 11.6. The lowest BCUT2D eigenvalue weighted by atomic mass is 10.2. The smallest absolute Gasteiger partial charge is 0.244 e. The summed E-state index contributed by atoms with van der Waals surface area (Å²) in [6.07, 6.45) is 5.85. The summed E-state index contributed by atoms with van der Waals surface area (Å²) in [5.74, 6) is 0.658. The molecule has 98 valence electrons. The zero-order chi connectivity index (χ0) is 13.2. The second-order valence-corrected chi connectivity index (χ2v) is 6.26. The first-order valence-corrected chi connectivity index (χ1v) is 7.56. The molecule has 1 aromatic carbocycles. The van der Waals surface area contributed by atoms with Crippen LogP contribution in [0.15, 0.2) is 30.3 Å². The summed E-state index contributed by atoms with van der Waals surface area (Å²) in [6, 6.07) is 8.00. The number of benzene rings is 1. The molecule has 0 radical (unpaired) electrons. The highest BCUT2D eigenvalue weighted by Gasteiger charge is 2.21. The van der Waals surface area contributed by atoms with Gasteiger partial charge in [-0.3, -0.25) is 4.79 Å². The van der Waals surface area contributed by atoms with E-state index in [9.17, 15) is 4.79 Å². The number of fused-ring (bicyclic) bond motifs is 1. The number of hydrogen-bond donors (Lipinski definition) is 1. The zero-order valence-corrected chi connectivity index (χ0v) is 11.9. The standard InChI is InChI=1S/C15H14ClNOS/c16-15-11-3-1-2-4-12(11)19-13(15)7-8-14(18)17-9-10-5-6-10/h1-4,7-8,10H,5-6,9H2,(H,17,18)/b8-7+. The van der Waals surface area contributed by atoms with Crippen LogP contribution in [0, 0.1) is 5.92 Å². The molecule has 0 bridgehead atoms. The molecule has 2 nitrogen and oxygen atoms in total. The lowest BCUT2D eigenvalue weighted by molar-refractivity contribution is -0.116. The Hall–Kier alpha value is -1.32. The van der Waals surface area contributed by atoms with Crippen LogP contribution in [-0.2, 0) is 4.79 Å². The Morgan fingerprint density at radius 1 is 1.42 bits per heavy atom. The molecule has 1 N–H and O–H groups in total. The molecule has 19 heavy (non-hydrogen) atoms. The van der Waals surface area contributed by atoms with Crippen molar-refractivity contribution < 1.29 is 4.79 Å². The molecule has 1 aliphatic rings. The molecule has 1 amide bonds. The van der Waals surface area contributed by atoms with Crippen molar-refractivity contribution in [1.82, 2.24) is 5.32 Å². The molecule has 1 aromatic heterocycles. The zero-order valence-electron chi connectivity index (χ0n) is 10.4. The number of amides is 1. The van der Waals surface area contributed by atoms with E-state index in [2.05, 4.69) is 5.32 Å². The fourth-order valence-corrected chi connectivity index (χ4v) is 3.32. The minimum absolute atomic E-state index is 0.0413. The van der Waals surface area contributed by atoms with Gasteiger partial charge in [0.1, 0.15) is 0 Å². The van der Waals surface area contributed by atoms with E-state index >= 15 is 0 Å². The molecule has 3 rings (SSSR count). The van der Waals surface area contributed by atoms with Crippen LogP contribution in [-0.4, -0.2) is 12.5 Å². The summed E-state index contributed by atoms with van der Waals surface area (Å²) in [7, 11) is 0. The molecule has 1 aliphatic carbocycles. The van der Waals surface area contributed by atoms with Crippen molar-refractivity contribution in [1.29, 1.82) is 0 Å². The monoisotopic (exact) mass is 291 g/mol. The lowest BCUT2D eigenvalue weighted by Crippen LogP contribution is -2.23. The summed E-state index contributed by atoms with van der Waals surface area (Å²) in [5.41, 5.74) is 0. The Labute approximate surface area is 121 Å². The van der Waals surface area contributed by atoms with Crippen molar-refractivity contribution in [2.45, 2.75) is 12.8 Å². The normalized spacial score (nSPS) is 15.2. The number of thiophene rings is 1. The van der Waals surface area contributed by atoms with Gasteiger partial charge in [-0.15, -0.1) is 11.3 Å². The van der Waals surface area contributed by atoms with Crippen molar-refractivity contribution in [3.05, 3.63) is 40.2 Å². The van der Waals surface area contributed by atoms with Crippen molar-refractivity contribution in [3.63, 3.8) is 0 Å². The first kappa shape index (κ1) is 12.7. The largest absolute Gasteiger partial charge is 0.352 e. The summed E-state index contributed by atoms with van der Waals surface area (Å²) in [4.78, 5) is 12.6. The molecule has 4 heteroatoms. The second-order valence-electron chi connectivity index (χ2n) is 4.80. The Morgan fingerprint density at radius 3 is 2.95 bits per heavy atom. The molecule has 0 spiro atoms. The highest BCUT2D eigenvalue weighted by atomic mass is 35.5. The first-order chi connectivity index (χ1) is 9.24. The summed E-state index contributed by atoms with van der Waals surface area (Å²) >= 11 is 7.91. The Kier molecular flexibility index (Phi) is 3.58. The Bertz CT molecular complexity index is 643. The quantitative estimate of drug-likeness (QED) is 0.845. The van der Waals surface area contributed by atoms with Gasteiger partial charge in [0.25, 0.3) is 0 Å². The summed E-state index contributed by atoms with van der Waals surface area (Å²) < 4.78 is 1.14. The van der Waals surface area contributed by atoms with Gasteiger partial charge in [0.15, 0.2) is 0 Å². The van der Waals surface area contributed by atoms with Crippen LogP contribution in [0.3, 0.4) is 0 Å². The average Bonchev–Trinajstić information content (AvgIpc) is 3.20. The predicted molar refractivity (Wildman–Crippen MR) is 81.6 cm³/mol. The number of carbonyl (C=O) groups is 1. The Morgan fingerprint density at radius 2 is 2.21 bits per heavy atom. The van der Waals surface area contributed by atoms with Gasteiger partial charge in [-0.1, -0.05) is 29.8 Å². The lowest BCUT2D eigenvalue weighted by Gasteiger charge is -1.98. The van der Waals surface area contributed by atoms with Crippen LogP contribution in [0.2, 0.25) is 5.02 Å². The van der Waals surface area contributed by atoms with Crippen LogP contribution in [0.4, 0.5) is 0 Å². The fraction of sp³-hybridized carbons (Fsp3) is 0.267. The van der Waals surface area contributed by atoms with Gasteiger partial charge >= 0.3 is 0 Å². The molecule has 0 saturated heterocycles. The van der Waals surface area contributed by atoms with E-state index in [4.69, 9.17) is 11.6 Å². The van der Waals surface area contributed by atoms with E-state index in [1.807, 2.05) is 24.3 Å². The van der Waals surface area contributed by atoms with Crippen LogP contribution >= 0.6 is 22.9 Å². The summed E-state index contributed by atoms with van der Waals surface area (Å²) in [6.45, 7) is 0.795. The van der Waals surface area contributed by atoms with E-state index < -0.39 is 0 Å². The second kappa shape index (κ2) is 5.35. The Balaban J connectivity index is 1.72. The third-order valence-electron chi connectivity index (χ3n) is 3.21. The van der Waals surface area contributed by atoms with Gasteiger partial charge in [0, 0.05) is 27.6 Å². The molecule has 1 heterocycles. The number of hydrogen-bond acceptors (Lipinski definition) is 2. The van der Waals surface area contributed by atoms with Crippen molar-refractivity contribution >= 4 is 45.0 Å². The molecule has 0 unspecified atom stereocenters. The van der Waals surface area contributed by atoms with Gasteiger partial charge < -0.3 is 5.32 Å². The first-order valence-electron chi connectivity index (χ1n) is 6.37. The molecular formula is C15H14ClNOS. The molecule has 2 aromatic rings. The average molecular weight is 292 g/mol. The van der Waals surface area contributed by atoms with Gasteiger partial charge in [0.05, 0.1) is 5.02 Å². The maximum Gasteiger partial charge on any atom is 0.244 e. The van der Waals surface area contributed by atoms with Gasteiger partial charge in [-0.05, 0) is 30.9 Å². The van der Waals surface area contributed by atoms with E-state index in [0.717, 1.165) is 26.5 Å². The van der Waals surface area contributed by atoms with Crippen molar-refractivity contribution in [3.8, 4) is 0 Å². The molecule has 1 fully saturated rings. The third-order valence-corrected chi connectivity index (χ3v) is 4.86. The van der Waals surface area contributed by atoms with Crippen molar-refractivity contribution in [2.24, 2.45) is 5.92 Å². The van der Waals surface area contributed by atoms with Crippen LogP contribution in [0.1, 0.15) is 17.7 Å². The number of nitrogens with one attached hydrogen (secondary N) is 1. The van der Waals surface area contributed by atoms with E-state index in [1.54, 1.807) is 23.5 Å². The van der Waals surface area contributed by atoms with E-state index in [1.165, 1.54) is 12.8 Å². The van der Waals surface area contributed by atoms with Gasteiger partial charge in [-0.2, -0.15) is 0 Å². The summed E-state index contributed by atoms with van der Waals surface area (Å²) in [5, 5.41) is 4.68. The highest BCUT2D eigenvalue weighted by Crippen LogP contribution is 2.35. The van der Waals surface area contributed by atoms with Crippen LogP contribution in [0.25, 0.3) is 16.2 Å². The maximum absolute atomic E-state index is 11.6. The predicted octanol–water partition coefficient (Wildman–Crippen LogP) is 4.09. The molecule has 1 saturated carbocycles. The topological polar surface area (TPSA) is 29.1 Å². The highest BCUT2D eigenvalue weighted by molar-refractivity contribution is 7.20. The minimum atomic E-state index is -0.0413. The van der Waals surface area contributed by atoms with Gasteiger partial charge in [0.2, 0.25) is 5.91 Å². The van der Waals surface area contributed by atoms with Crippen LogP contribution < -0.4 is 5.32 Å². The van der Waals surface area contributed by atoms with E-state index in [0.29, 0.717) is 5.92 Å². The minimum Gasteiger partial charge on any atom is -0.352 e. The number of carbonyl (C=O) groups excluding carboxylic acids is 1. The SMILES string of the molecule is O=C(/C=C/c1sc2ccccc2c1Cl)NCC1CC1. The van der Waals surface area contributed by atoms with Crippen LogP contribution in [0.5, 0.6) is 0 Å². The number of rotatable bonds is 4. The molecule has 0 aliphatic heterocycles. The van der Waals surface area contributed by atoms with E-state index in [-0.39, 0.29) is 5.91 Å². The van der Waals surface area contributed by atoms with Gasteiger partial charge in [-0.25, -0.2) is 0 Å². The molecular weight excluding hydrogens is 278 g/mol. The number of halogens is 1. The molecule has 0 atom stereocenters. The third kappa shape index (κ3) is 2.99. The fourth-order valence-electron chi connectivity index (χ4n) is 1.92.